The Labute approximate surface area is 128 Å². The van der Waals surface area contributed by atoms with Gasteiger partial charge in [0, 0.05) is 9.35 Å². The first-order chi connectivity index (χ1) is 9.26. The maximum atomic E-state index is 4.65. The maximum absolute atomic E-state index is 4.65. The summed E-state index contributed by atoms with van der Waals surface area (Å²) in [5.74, 6) is 0. The molecule has 2 aromatic heterocycles. The number of aromatic nitrogens is 1. The lowest BCUT2D eigenvalue weighted by Gasteiger charge is -2.13. The fourth-order valence-corrected chi connectivity index (χ4v) is 4.08. The first-order valence-electron chi connectivity index (χ1n) is 6.12. The molecule has 3 rings (SSSR count). The van der Waals surface area contributed by atoms with E-state index < -0.39 is 0 Å². The zero-order chi connectivity index (χ0) is 13.2. The van der Waals surface area contributed by atoms with E-state index in [1.165, 1.54) is 9.58 Å². The molecular formula is C14H13BrN2S2. The molecule has 1 atom stereocenters. The second kappa shape index (κ2) is 5.61. The van der Waals surface area contributed by atoms with Gasteiger partial charge in [0.05, 0.1) is 16.3 Å². The van der Waals surface area contributed by atoms with Gasteiger partial charge in [0.2, 0.25) is 0 Å². The Morgan fingerprint density at radius 2 is 2.26 bits per heavy atom. The van der Waals surface area contributed by atoms with Crippen molar-refractivity contribution in [2.75, 3.05) is 5.32 Å². The summed E-state index contributed by atoms with van der Waals surface area (Å²) in [6.45, 7) is 2.20. The molecule has 0 aliphatic heterocycles. The summed E-state index contributed by atoms with van der Waals surface area (Å²) < 4.78 is 2.29. The van der Waals surface area contributed by atoms with E-state index in [0.29, 0.717) is 6.04 Å². The quantitative estimate of drug-likeness (QED) is 0.652. The number of nitrogens with zero attached hydrogens (tertiary/aromatic N) is 1. The molecule has 2 nitrogen and oxygen atoms in total. The van der Waals surface area contributed by atoms with Crippen molar-refractivity contribution in [1.82, 2.24) is 4.98 Å². The van der Waals surface area contributed by atoms with Crippen LogP contribution >= 0.6 is 38.6 Å². The van der Waals surface area contributed by atoms with Crippen LogP contribution in [-0.2, 0) is 0 Å². The van der Waals surface area contributed by atoms with E-state index in [0.717, 1.165) is 21.5 Å². The van der Waals surface area contributed by atoms with E-state index in [4.69, 9.17) is 0 Å². The van der Waals surface area contributed by atoms with E-state index in [1.54, 1.807) is 22.7 Å². The largest absolute Gasteiger partial charge is 0.354 e. The Morgan fingerprint density at radius 1 is 1.37 bits per heavy atom. The lowest BCUT2D eigenvalue weighted by molar-refractivity contribution is 0.763. The van der Waals surface area contributed by atoms with Crippen LogP contribution in [0, 0.1) is 0 Å². The number of fused-ring (bicyclic) bond motifs is 1. The molecule has 0 fully saturated rings. The summed E-state index contributed by atoms with van der Waals surface area (Å²) in [4.78, 5) is 6.02. The molecule has 3 aromatic rings. The third-order valence-electron chi connectivity index (χ3n) is 2.94. The number of anilines is 1. The molecule has 0 saturated heterocycles. The van der Waals surface area contributed by atoms with Gasteiger partial charge in [-0.2, -0.15) is 0 Å². The zero-order valence-electron chi connectivity index (χ0n) is 10.4. The van der Waals surface area contributed by atoms with Crippen LogP contribution in [0.2, 0.25) is 0 Å². The van der Waals surface area contributed by atoms with Gasteiger partial charge in [0.15, 0.2) is 5.13 Å². The normalized spacial score (nSPS) is 12.7. The standard InChI is InChI=1S/C14H13BrN2S2/c1-2-10(12-4-3-7-18-12)16-14-17-11-8-9(15)5-6-13(11)19-14/h3-8,10H,2H2,1H3,(H,16,17). The summed E-state index contributed by atoms with van der Waals surface area (Å²) in [6.07, 6.45) is 1.06. The second-order valence-electron chi connectivity index (χ2n) is 4.25. The number of nitrogens with one attached hydrogen (secondary N) is 1. The van der Waals surface area contributed by atoms with Crippen molar-refractivity contribution in [2.45, 2.75) is 19.4 Å². The molecule has 5 heteroatoms. The fourth-order valence-electron chi connectivity index (χ4n) is 1.98. The van der Waals surface area contributed by atoms with Crippen molar-refractivity contribution in [3.63, 3.8) is 0 Å². The van der Waals surface area contributed by atoms with Crippen molar-refractivity contribution in [1.29, 1.82) is 0 Å². The van der Waals surface area contributed by atoms with Crippen molar-refractivity contribution in [3.8, 4) is 0 Å². The van der Waals surface area contributed by atoms with Gasteiger partial charge in [-0.05, 0) is 36.1 Å². The number of thiazole rings is 1. The number of hydrogen-bond acceptors (Lipinski definition) is 4. The molecule has 0 aliphatic carbocycles. The molecule has 0 amide bonds. The van der Waals surface area contributed by atoms with Crippen LogP contribution in [0.1, 0.15) is 24.3 Å². The van der Waals surface area contributed by atoms with Gasteiger partial charge in [-0.1, -0.05) is 40.3 Å². The summed E-state index contributed by atoms with van der Waals surface area (Å²) in [5.41, 5.74) is 1.04. The monoisotopic (exact) mass is 352 g/mol. The Balaban J connectivity index is 1.88. The molecule has 1 N–H and O–H groups in total. The van der Waals surface area contributed by atoms with E-state index >= 15 is 0 Å². The highest BCUT2D eigenvalue weighted by Gasteiger charge is 2.12. The van der Waals surface area contributed by atoms with E-state index in [-0.39, 0.29) is 0 Å². The molecule has 0 radical (unpaired) electrons. The van der Waals surface area contributed by atoms with Crippen molar-refractivity contribution in [3.05, 3.63) is 45.1 Å². The highest BCUT2D eigenvalue weighted by Crippen LogP contribution is 2.32. The summed E-state index contributed by atoms with van der Waals surface area (Å²) >= 11 is 6.98. The molecule has 1 aromatic carbocycles. The highest BCUT2D eigenvalue weighted by atomic mass is 79.9. The van der Waals surface area contributed by atoms with Gasteiger partial charge in [-0.3, -0.25) is 0 Å². The zero-order valence-corrected chi connectivity index (χ0v) is 13.6. The van der Waals surface area contributed by atoms with Crippen LogP contribution in [0.3, 0.4) is 0 Å². The van der Waals surface area contributed by atoms with E-state index in [2.05, 4.69) is 68.9 Å². The average Bonchev–Trinajstić information content (AvgIpc) is 3.04. The minimum absolute atomic E-state index is 0.351. The number of benzene rings is 1. The minimum Gasteiger partial charge on any atom is -0.354 e. The number of rotatable bonds is 4. The van der Waals surface area contributed by atoms with Crippen molar-refractivity contribution in [2.24, 2.45) is 0 Å². The third-order valence-corrected chi connectivity index (χ3v) is 5.39. The summed E-state index contributed by atoms with van der Waals surface area (Å²) in [6, 6.07) is 10.8. The Hall–Kier alpha value is -0.910. The highest BCUT2D eigenvalue weighted by molar-refractivity contribution is 9.10. The van der Waals surface area contributed by atoms with Gasteiger partial charge in [0.25, 0.3) is 0 Å². The molecule has 0 saturated carbocycles. The van der Waals surface area contributed by atoms with E-state index in [1.807, 2.05) is 0 Å². The lowest BCUT2D eigenvalue weighted by atomic mass is 10.2. The molecule has 0 aliphatic rings. The Morgan fingerprint density at radius 3 is 3.00 bits per heavy atom. The second-order valence-corrected chi connectivity index (χ2v) is 7.18. The Kier molecular flexibility index (Phi) is 3.86. The SMILES string of the molecule is CCC(Nc1nc2cc(Br)ccc2s1)c1cccs1. The minimum atomic E-state index is 0.351. The van der Waals surface area contributed by atoms with Crippen LogP contribution in [0.15, 0.2) is 40.2 Å². The summed E-state index contributed by atoms with van der Waals surface area (Å²) in [5, 5.41) is 6.66. The third kappa shape index (κ3) is 2.83. The molecular weight excluding hydrogens is 340 g/mol. The first-order valence-corrected chi connectivity index (χ1v) is 8.61. The van der Waals surface area contributed by atoms with Crippen LogP contribution in [0.5, 0.6) is 0 Å². The fraction of sp³-hybridized carbons (Fsp3) is 0.214. The molecule has 98 valence electrons. The summed E-state index contributed by atoms with van der Waals surface area (Å²) in [7, 11) is 0. The molecule has 1 unspecified atom stereocenters. The topological polar surface area (TPSA) is 24.9 Å². The van der Waals surface area contributed by atoms with Crippen molar-refractivity contribution < 1.29 is 0 Å². The van der Waals surface area contributed by atoms with Gasteiger partial charge in [0.1, 0.15) is 0 Å². The average molecular weight is 353 g/mol. The van der Waals surface area contributed by atoms with Gasteiger partial charge < -0.3 is 5.32 Å². The van der Waals surface area contributed by atoms with Crippen molar-refractivity contribution >= 4 is 54.0 Å². The molecule has 0 bridgehead atoms. The number of thiophene rings is 1. The predicted molar refractivity (Wildman–Crippen MR) is 88.3 cm³/mol. The van der Waals surface area contributed by atoms with E-state index in [9.17, 15) is 0 Å². The molecule has 2 heterocycles. The first kappa shape index (κ1) is 13.1. The molecule has 19 heavy (non-hydrogen) atoms. The van der Waals surface area contributed by atoms with Gasteiger partial charge in [-0.25, -0.2) is 4.98 Å². The van der Waals surface area contributed by atoms with Gasteiger partial charge in [-0.15, -0.1) is 11.3 Å². The maximum Gasteiger partial charge on any atom is 0.184 e. The van der Waals surface area contributed by atoms with Crippen LogP contribution in [0.4, 0.5) is 5.13 Å². The van der Waals surface area contributed by atoms with Crippen LogP contribution < -0.4 is 5.32 Å². The smallest absolute Gasteiger partial charge is 0.184 e. The number of hydrogen-bond donors (Lipinski definition) is 1. The Bertz CT molecular complexity index is 676. The van der Waals surface area contributed by atoms with Crippen LogP contribution in [-0.4, -0.2) is 4.98 Å². The molecule has 0 spiro atoms. The lowest BCUT2D eigenvalue weighted by Crippen LogP contribution is -2.07. The number of halogens is 1. The van der Waals surface area contributed by atoms with Crippen LogP contribution in [0.25, 0.3) is 10.2 Å². The van der Waals surface area contributed by atoms with Gasteiger partial charge >= 0.3 is 0 Å². The predicted octanol–water partition coefficient (Wildman–Crippen LogP) is 5.68.